The fourth-order valence-electron chi connectivity index (χ4n) is 5.40. The molecule has 1 saturated heterocycles. The first-order valence-electron chi connectivity index (χ1n) is 11.3. The van der Waals surface area contributed by atoms with Gasteiger partial charge in [0.2, 0.25) is 0 Å². The summed E-state index contributed by atoms with van der Waals surface area (Å²) >= 11 is 0. The van der Waals surface area contributed by atoms with Gasteiger partial charge in [-0.15, -0.1) is 0 Å². The second-order valence-corrected chi connectivity index (χ2v) is 9.08. The number of halogens is 1. The molecular formula is C25H27FN6O. The number of rotatable bonds is 4. The lowest BCUT2D eigenvalue weighted by atomic mass is 9.68. The van der Waals surface area contributed by atoms with Gasteiger partial charge in [0.25, 0.3) is 0 Å². The standard InChI is InChI=1S/C25H27FN6O/c1-31-22(17-3-5-25(6-4-17)7-10-32(11-8-25)9-2-12-33)20(18-13-19(26)15-28-14-18)21-23(27)29-16-30-24(21)31/h2-3,9,12-16H,4-8,10-11H2,1H3,(H2,27,29,30). The maximum absolute atomic E-state index is 14.1. The highest BCUT2D eigenvalue weighted by Gasteiger charge is 2.36. The molecule has 1 aliphatic heterocycles. The van der Waals surface area contributed by atoms with E-state index in [1.165, 1.54) is 24.2 Å². The first-order chi connectivity index (χ1) is 16.0. The van der Waals surface area contributed by atoms with Crippen molar-refractivity contribution >= 4 is 28.7 Å². The number of nitrogens with zero attached hydrogens (tertiary/aromatic N) is 5. The first-order valence-corrected chi connectivity index (χ1v) is 11.3. The van der Waals surface area contributed by atoms with E-state index in [2.05, 4.69) is 25.9 Å². The van der Waals surface area contributed by atoms with Crippen LogP contribution < -0.4 is 5.73 Å². The molecule has 1 aliphatic carbocycles. The molecule has 1 spiro atoms. The summed E-state index contributed by atoms with van der Waals surface area (Å²) in [6, 6.07) is 1.49. The van der Waals surface area contributed by atoms with Crippen LogP contribution in [0.1, 0.15) is 37.8 Å². The van der Waals surface area contributed by atoms with Gasteiger partial charge in [0.1, 0.15) is 29.9 Å². The van der Waals surface area contributed by atoms with Crippen molar-refractivity contribution in [2.24, 2.45) is 12.5 Å². The lowest BCUT2D eigenvalue weighted by molar-refractivity contribution is -0.104. The Morgan fingerprint density at radius 2 is 2.00 bits per heavy atom. The first kappa shape index (κ1) is 21.3. The van der Waals surface area contributed by atoms with Crippen LogP contribution in [0.15, 0.2) is 43.1 Å². The Hall–Kier alpha value is -3.55. The summed E-state index contributed by atoms with van der Waals surface area (Å²) in [4.78, 5) is 25.6. The molecule has 0 atom stereocenters. The Kier molecular flexibility index (Phi) is 5.44. The number of nitrogen functional groups attached to an aromatic ring is 1. The molecule has 33 heavy (non-hydrogen) atoms. The number of aromatic nitrogens is 4. The Labute approximate surface area is 191 Å². The molecule has 4 heterocycles. The Morgan fingerprint density at radius 1 is 1.18 bits per heavy atom. The Bertz CT molecular complexity index is 1270. The van der Waals surface area contributed by atoms with Crippen LogP contribution in [0.3, 0.4) is 0 Å². The third-order valence-electron chi connectivity index (χ3n) is 7.23. The Balaban J connectivity index is 1.53. The quantitative estimate of drug-likeness (QED) is 0.479. The van der Waals surface area contributed by atoms with E-state index >= 15 is 0 Å². The second kappa shape index (κ2) is 8.42. The highest BCUT2D eigenvalue weighted by atomic mass is 19.1. The topological polar surface area (TPSA) is 89.9 Å². The van der Waals surface area contributed by atoms with E-state index in [1.807, 2.05) is 17.8 Å². The van der Waals surface area contributed by atoms with Crippen LogP contribution in [0.4, 0.5) is 10.2 Å². The molecule has 170 valence electrons. The van der Waals surface area contributed by atoms with Gasteiger partial charge in [-0.2, -0.15) is 0 Å². The van der Waals surface area contributed by atoms with Crippen LogP contribution in [-0.2, 0) is 11.8 Å². The van der Waals surface area contributed by atoms with E-state index in [4.69, 9.17) is 5.73 Å². The predicted molar refractivity (Wildman–Crippen MR) is 126 cm³/mol. The number of carbonyl (C=O) groups excluding carboxylic acids is 1. The number of nitrogens with two attached hydrogens (primary N) is 1. The van der Waals surface area contributed by atoms with Crippen LogP contribution in [0.2, 0.25) is 0 Å². The monoisotopic (exact) mass is 446 g/mol. The van der Waals surface area contributed by atoms with E-state index in [0.717, 1.165) is 73.8 Å². The fraction of sp³-hybridized carbons (Fsp3) is 0.360. The average Bonchev–Trinajstić information content (AvgIpc) is 3.13. The SMILES string of the molecule is Cn1c(C2=CCC3(CC2)CCN(C=CC=O)CC3)c(-c2cncc(F)c2)c2c(N)ncnc21. The van der Waals surface area contributed by atoms with Crippen molar-refractivity contribution in [2.75, 3.05) is 18.8 Å². The van der Waals surface area contributed by atoms with Gasteiger partial charge in [0.15, 0.2) is 0 Å². The third-order valence-corrected chi connectivity index (χ3v) is 7.23. The molecule has 5 rings (SSSR count). The second-order valence-electron chi connectivity index (χ2n) is 9.08. The largest absolute Gasteiger partial charge is 0.383 e. The maximum atomic E-state index is 14.1. The number of hydrogen-bond acceptors (Lipinski definition) is 6. The number of allylic oxidation sites excluding steroid dienone is 3. The zero-order valence-corrected chi connectivity index (χ0v) is 18.7. The minimum Gasteiger partial charge on any atom is -0.383 e. The number of carbonyl (C=O) groups is 1. The van der Waals surface area contributed by atoms with Gasteiger partial charge in [-0.1, -0.05) is 6.08 Å². The third kappa shape index (κ3) is 3.79. The summed E-state index contributed by atoms with van der Waals surface area (Å²) in [6.45, 7) is 1.93. The molecule has 2 aliphatic rings. The average molecular weight is 447 g/mol. The summed E-state index contributed by atoms with van der Waals surface area (Å²) in [6.07, 6.45) is 16.2. The van der Waals surface area contributed by atoms with Gasteiger partial charge in [0, 0.05) is 43.7 Å². The zero-order chi connectivity index (χ0) is 23.0. The molecule has 1 fully saturated rings. The van der Waals surface area contributed by atoms with Crippen molar-refractivity contribution in [1.29, 1.82) is 0 Å². The van der Waals surface area contributed by atoms with Gasteiger partial charge in [-0.3, -0.25) is 9.78 Å². The minimum atomic E-state index is -0.391. The summed E-state index contributed by atoms with van der Waals surface area (Å²) < 4.78 is 16.2. The van der Waals surface area contributed by atoms with Crippen LogP contribution >= 0.6 is 0 Å². The lowest BCUT2D eigenvalue weighted by Gasteiger charge is -2.43. The number of likely N-dealkylation sites (tertiary alicyclic amines) is 1. The van der Waals surface area contributed by atoms with Gasteiger partial charge >= 0.3 is 0 Å². The van der Waals surface area contributed by atoms with Crippen molar-refractivity contribution < 1.29 is 9.18 Å². The maximum Gasteiger partial charge on any atom is 0.146 e. The van der Waals surface area contributed by atoms with Crippen LogP contribution in [0.25, 0.3) is 27.7 Å². The fourth-order valence-corrected chi connectivity index (χ4v) is 5.40. The smallest absolute Gasteiger partial charge is 0.146 e. The van der Waals surface area contributed by atoms with Gasteiger partial charge < -0.3 is 15.2 Å². The summed E-state index contributed by atoms with van der Waals surface area (Å²) in [5.74, 6) is -0.0115. The van der Waals surface area contributed by atoms with E-state index in [-0.39, 0.29) is 0 Å². The molecule has 3 aromatic heterocycles. The zero-order valence-electron chi connectivity index (χ0n) is 18.7. The van der Waals surface area contributed by atoms with Crippen molar-refractivity contribution in [3.63, 3.8) is 0 Å². The highest BCUT2D eigenvalue weighted by Crippen LogP contribution is 2.48. The number of piperidine rings is 1. The minimum absolute atomic E-state index is 0.291. The lowest BCUT2D eigenvalue weighted by Crippen LogP contribution is -2.38. The van der Waals surface area contributed by atoms with E-state index in [9.17, 15) is 9.18 Å². The molecule has 0 aromatic carbocycles. The Morgan fingerprint density at radius 3 is 2.70 bits per heavy atom. The van der Waals surface area contributed by atoms with Gasteiger partial charge in [0.05, 0.1) is 17.3 Å². The normalized spacial score (nSPS) is 18.2. The van der Waals surface area contributed by atoms with Crippen LogP contribution in [0, 0.1) is 11.2 Å². The number of aldehydes is 1. The molecule has 2 N–H and O–H groups in total. The summed E-state index contributed by atoms with van der Waals surface area (Å²) in [5, 5.41) is 0.735. The van der Waals surface area contributed by atoms with E-state index in [1.54, 1.807) is 12.3 Å². The number of pyridine rings is 1. The molecule has 0 amide bonds. The van der Waals surface area contributed by atoms with Crippen molar-refractivity contribution in [3.8, 4) is 11.1 Å². The van der Waals surface area contributed by atoms with Gasteiger partial charge in [-0.25, -0.2) is 14.4 Å². The number of fused-ring (bicyclic) bond motifs is 1. The van der Waals surface area contributed by atoms with Gasteiger partial charge in [-0.05, 0) is 55.2 Å². The van der Waals surface area contributed by atoms with Crippen molar-refractivity contribution in [1.82, 2.24) is 24.4 Å². The number of aryl methyl sites for hydroxylation is 1. The molecule has 0 unspecified atom stereocenters. The molecule has 0 bridgehead atoms. The number of hydrogen-bond donors (Lipinski definition) is 1. The van der Waals surface area contributed by atoms with Crippen molar-refractivity contribution in [2.45, 2.75) is 32.1 Å². The van der Waals surface area contributed by atoms with E-state index < -0.39 is 5.82 Å². The van der Waals surface area contributed by atoms with Crippen LogP contribution in [0.5, 0.6) is 0 Å². The van der Waals surface area contributed by atoms with Crippen molar-refractivity contribution in [3.05, 3.63) is 54.7 Å². The van der Waals surface area contributed by atoms with E-state index in [0.29, 0.717) is 16.8 Å². The van der Waals surface area contributed by atoms with Crippen LogP contribution in [-0.4, -0.2) is 43.8 Å². The summed E-state index contributed by atoms with van der Waals surface area (Å²) in [7, 11) is 1.98. The molecule has 7 nitrogen and oxygen atoms in total. The summed E-state index contributed by atoms with van der Waals surface area (Å²) in [5.41, 5.74) is 11.0. The highest BCUT2D eigenvalue weighted by molar-refractivity contribution is 6.05. The number of anilines is 1. The molecule has 0 radical (unpaired) electrons. The molecule has 8 heteroatoms. The predicted octanol–water partition coefficient (Wildman–Crippen LogP) is 4.11. The molecule has 3 aromatic rings. The molecular weight excluding hydrogens is 419 g/mol. The molecule has 0 saturated carbocycles.